The van der Waals surface area contributed by atoms with E-state index in [1.54, 1.807) is 12.1 Å². The van der Waals surface area contributed by atoms with Crippen LogP contribution in [0.5, 0.6) is 0 Å². The number of hydrogen-bond donors (Lipinski definition) is 1. The molecule has 88 valence electrons. The van der Waals surface area contributed by atoms with Crippen molar-refractivity contribution in [3.63, 3.8) is 0 Å². The van der Waals surface area contributed by atoms with E-state index in [4.69, 9.17) is 11.6 Å². The Kier molecular flexibility index (Phi) is 8.02. The second-order valence-electron chi connectivity index (χ2n) is 3.30. The Labute approximate surface area is 145 Å². The maximum absolute atomic E-state index is 11.9. The number of benzene rings is 1. The molecule has 0 radical (unpaired) electrons. The summed E-state index contributed by atoms with van der Waals surface area (Å²) < 4.78 is 35.6. The molecule has 0 aliphatic rings. The Hall–Kier alpha value is 0.471. The van der Waals surface area contributed by atoms with Crippen molar-refractivity contribution < 1.29 is 69.1 Å². The average molecular weight is 290 g/mol. The molecule has 0 unspecified atom stereocenters. The summed E-state index contributed by atoms with van der Waals surface area (Å²) in [6.45, 7) is -4.90. The van der Waals surface area contributed by atoms with Crippen LogP contribution in [0.15, 0.2) is 24.3 Å². The van der Waals surface area contributed by atoms with E-state index < -0.39 is 25.6 Å². The van der Waals surface area contributed by atoms with Crippen molar-refractivity contribution in [1.82, 2.24) is 0 Å². The average Bonchev–Trinajstić information content (AvgIpc) is 2.18. The van der Waals surface area contributed by atoms with Crippen molar-refractivity contribution in [3.05, 3.63) is 29.3 Å². The van der Waals surface area contributed by atoms with Gasteiger partial charge in [-0.2, -0.15) is 0 Å². The Morgan fingerprint density at radius 3 is 2.24 bits per heavy atom. The van der Waals surface area contributed by atoms with Crippen LogP contribution in [0, 0.1) is 0 Å². The molecule has 0 heterocycles. The number of rotatable bonds is 4. The third-order valence-corrected chi connectivity index (χ3v) is 2.08. The summed E-state index contributed by atoms with van der Waals surface area (Å²) in [5, 5.41) is 2.85. The molecule has 8 heteroatoms. The first-order valence-electron chi connectivity index (χ1n) is 4.63. The van der Waals surface area contributed by atoms with Gasteiger partial charge >= 0.3 is 58.4 Å². The zero-order valence-electron chi connectivity index (χ0n) is 9.22. The number of halogens is 4. The summed E-state index contributed by atoms with van der Waals surface area (Å²) in [5.74, 6) is -0.651. The molecule has 0 aromatic heterocycles. The predicted octanol–water partition coefficient (Wildman–Crippen LogP) is 0.520. The minimum Gasteiger partial charge on any atom is -0.449 e. The number of carbonyl (C=O) groups is 1. The van der Waals surface area contributed by atoms with Crippen LogP contribution in [0.2, 0.25) is 11.3 Å². The van der Waals surface area contributed by atoms with Gasteiger partial charge in [0.05, 0.1) is 0 Å². The zero-order valence-corrected chi connectivity index (χ0v) is 13.1. The number of hydrogen-bond acceptors (Lipinski definition) is 1. The van der Waals surface area contributed by atoms with E-state index in [1.807, 2.05) is 0 Å². The number of amides is 1. The first-order valence-corrected chi connectivity index (χ1v) is 5.01. The van der Waals surface area contributed by atoms with Crippen LogP contribution in [0.3, 0.4) is 0 Å². The molecule has 0 saturated heterocycles. The molecule has 2 nitrogen and oxygen atoms in total. The van der Waals surface area contributed by atoms with Crippen molar-refractivity contribution in [2.75, 3.05) is 5.32 Å². The molecule has 1 aromatic rings. The van der Waals surface area contributed by atoms with E-state index in [1.165, 1.54) is 12.1 Å². The molecule has 0 aliphatic heterocycles. The predicted molar refractivity (Wildman–Crippen MR) is 58.6 cm³/mol. The van der Waals surface area contributed by atoms with Crippen LogP contribution in [0.1, 0.15) is 6.42 Å². The van der Waals surface area contributed by atoms with Gasteiger partial charge in [-0.1, -0.05) is 17.9 Å². The topological polar surface area (TPSA) is 29.1 Å². The minimum atomic E-state index is -4.90. The van der Waals surface area contributed by atoms with Gasteiger partial charge in [0, 0.05) is 17.1 Å². The van der Waals surface area contributed by atoms with Gasteiger partial charge in [-0.15, -0.1) is 0 Å². The monoisotopic (exact) mass is 289 g/mol. The third kappa shape index (κ3) is 8.23. The van der Waals surface area contributed by atoms with Crippen LogP contribution >= 0.6 is 11.6 Å². The molecule has 1 rings (SSSR count). The van der Waals surface area contributed by atoms with Crippen molar-refractivity contribution in [1.29, 1.82) is 0 Å². The van der Waals surface area contributed by atoms with Crippen molar-refractivity contribution in [3.8, 4) is 0 Å². The van der Waals surface area contributed by atoms with Gasteiger partial charge in [0.1, 0.15) is 0 Å². The molecule has 1 amide bonds. The molecule has 1 aromatic carbocycles. The second-order valence-corrected chi connectivity index (χ2v) is 3.74. The van der Waals surface area contributed by atoms with Gasteiger partial charge in [0.15, 0.2) is 0 Å². The van der Waals surface area contributed by atoms with Crippen LogP contribution in [-0.4, -0.2) is 12.9 Å². The summed E-state index contributed by atoms with van der Waals surface area (Å²) in [6.07, 6.45) is -1.61. The van der Waals surface area contributed by atoms with E-state index in [2.05, 4.69) is 5.32 Å². The molecule has 0 atom stereocenters. The van der Waals surface area contributed by atoms with Crippen LogP contribution < -0.4 is 56.7 Å². The second kappa shape index (κ2) is 7.81. The maximum atomic E-state index is 11.9. The van der Waals surface area contributed by atoms with Crippen molar-refractivity contribution in [2.24, 2.45) is 0 Å². The number of carbonyl (C=O) groups excluding carboxylic acids is 1. The summed E-state index contributed by atoms with van der Waals surface area (Å²) >= 11 is 5.61. The smallest absolute Gasteiger partial charge is 0.449 e. The summed E-state index contributed by atoms with van der Waals surface area (Å²) in [6, 6.07) is 6.15. The number of anilines is 1. The summed E-state index contributed by atoms with van der Waals surface area (Å²) in [4.78, 5) is 11.1. The van der Waals surface area contributed by atoms with E-state index >= 15 is 0 Å². The molecule has 17 heavy (non-hydrogen) atoms. The summed E-state index contributed by atoms with van der Waals surface area (Å²) in [7, 11) is 0. The van der Waals surface area contributed by atoms with E-state index in [-0.39, 0.29) is 51.4 Å². The van der Waals surface area contributed by atoms with E-state index in [0.29, 0.717) is 10.7 Å². The van der Waals surface area contributed by atoms with E-state index in [9.17, 15) is 17.7 Å². The first kappa shape index (κ1) is 17.5. The van der Waals surface area contributed by atoms with Crippen LogP contribution in [0.4, 0.5) is 18.6 Å². The molecule has 0 saturated carbocycles. The van der Waals surface area contributed by atoms with E-state index in [0.717, 1.165) is 0 Å². The fourth-order valence-electron chi connectivity index (χ4n) is 1.05. The van der Waals surface area contributed by atoms with Gasteiger partial charge in [0.2, 0.25) is 5.91 Å². The van der Waals surface area contributed by atoms with Crippen molar-refractivity contribution >= 4 is 30.2 Å². The Balaban J connectivity index is 0.00000256. The van der Waals surface area contributed by atoms with Crippen LogP contribution in [-0.2, 0) is 4.79 Å². The fraction of sp³-hybridized carbons (Fsp3) is 0.222. The quantitative estimate of drug-likeness (QED) is 0.805. The van der Waals surface area contributed by atoms with Gasteiger partial charge in [-0.25, -0.2) is 0 Å². The standard InChI is InChI=1S/C9H9BClF3NO.K/c11-7-1-3-8(4-2-7)15-9(16)5-6-10(12,13)14;/h1-4H,5-6H2,(H,15,16);/q-1;+1. The Bertz CT molecular complexity index is 371. The largest absolute Gasteiger partial charge is 1.00 e. The molecule has 0 spiro atoms. The number of nitrogens with one attached hydrogen (secondary N) is 1. The Morgan fingerprint density at radius 1 is 1.24 bits per heavy atom. The molecule has 0 aliphatic carbocycles. The normalized spacial score (nSPS) is 10.6. The fourth-order valence-corrected chi connectivity index (χ4v) is 1.18. The molecule has 0 fully saturated rings. The molecular weight excluding hydrogens is 280 g/mol. The molecular formula is C9H9BClF3KNO. The zero-order chi connectivity index (χ0) is 12.2. The van der Waals surface area contributed by atoms with Gasteiger partial charge in [0.25, 0.3) is 0 Å². The van der Waals surface area contributed by atoms with Crippen molar-refractivity contribution in [2.45, 2.75) is 12.7 Å². The molecule has 1 N–H and O–H groups in total. The van der Waals surface area contributed by atoms with Gasteiger partial charge in [-0.3, -0.25) is 4.79 Å². The SMILES string of the molecule is O=C(CC[B-](F)(F)F)Nc1ccc(Cl)cc1.[K+]. The third-order valence-electron chi connectivity index (χ3n) is 1.83. The molecule has 0 bridgehead atoms. The summed E-state index contributed by atoms with van der Waals surface area (Å²) in [5.41, 5.74) is 0.434. The Morgan fingerprint density at radius 2 is 1.76 bits per heavy atom. The van der Waals surface area contributed by atoms with Gasteiger partial charge < -0.3 is 18.3 Å². The minimum absolute atomic E-state index is 0. The maximum Gasteiger partial charge on any atom is 1.00 e. The first-order chi connectivity index (χ1) is 7.37. The van der Waals surface area contributed by atoms with Crippen LogP contribution in [0.25, 0.3) is 0 Å². The van der Waals surface area contributed by atoms with Gasteiger partial charge in [-0.05, 0) is 24.3 Å².